The largest absolute Gasteiger partial charge is 0.714 e. The van der Waals surface area contributed by atoms with E-state index < -0.39 is 57.7 Å². The summed E-state index contributed by atoms with van der Waals surface area (Å²) in [6.07, 6.45) is -2.24. The molecule has 1 fully saturated rings. The summed E-state index contributed by atoms with van der Waals surface area (Å²) in [5.74, 6) is 0.512. The maximum absolute atomic E-state index is 11.0. The van der Waals surface area contributed by atoms with Crippen LogP contribution in [0.1, 0.15) is 25.7 Å². The minimum absolute atomic E-state index is 0.0105. The van der Waals surface area contributed by atoms with Crippen molar-refractivity contribution in [2.24, 2.45) is 5.16 Å². The fraction of sp³-hybridized carbons (Fsp3) is 0.923. The second-order valence-electron chi connectivity index (χ2n) is 5.87. The zero-order valence-electron chi connectivity index (χ0n) is 14.5. The minimum atomic E-state index is -5.08. The topological polar surface area (TPSA) is 186 Å². The van der Waals surface area contributed by atoms with Gasteiger partial charge in [-0.15, -0.1) is 0 Å². The van der Waals surface area contributed by atoms with Gasteiger partial charge < -0.3 is 29.7 Å². The van der Waals surface area contributed by atoms with Gasteiger partial charge in [-0.1, -0.05) is 23.3 Å². The van der Waals surface area contributed by atoms with Gasteiger partial charge in [0, 0.05) is 22.8 Å². The third kappa shape index (κ3) is 9.15. The van der Waals surface area contributed by atoms with Crippen LogP contribution >= 0.6 is 11.8 Å². The number of rotatable bonds is 10. The van der Waals surface area contributed by atoms with E-state index in [2.05, 4.69) is 9.44 Å². The van der Waals surface area contributed by atoms with E-state index in [0.29, 0.717) is 36.8 Å². The second-order valence-corrected chi connectivity index (χ2v) is 9.56. The number of ether oxygens (including phenoxy) is 1. The summed E-state index contributed by atoms with van der Waals surface area (Å²) >= 11 is 0.711. The molecule has 160 valence electrons. The lowest BCUT2D eigenvalue weighted by Crippen LogP contribution is -2.57. The standard InChI is InChI=1S/C13H25NO10S3/c1-26(19)6-4-2-3-5-9(14-24-27(20,21)22)25-13-12(18)11(17)10(16)8(7-15)23-13/h8,10-13,15-18H,2-7H2,1H3,(H,20,21,22)/p-1/b14-9-/t8-,10-,11+,12-,13+,26?/m1/s1. The Morgan fingerprint density at radius 1 is 1.22 bits per heavy atom. The summed E-state index contributed by atoms with van der Waals surface area (Å²) in [5, 5.41) is 42.0. The molecule has 0 spiro atoms. The summed E-state index contributed by atoms with van der Waals surface area (Å²) in [4.78, 5) is 0. The van der Waals surface area contributed by atoms with Crippen molar-refractivity contribution in [1.29, 1.82) is 0 Å². The first-order valence-electron chi connectivity index (χ1n) is 8.03. The molecule has 1 saturated heterocycles. The van der Waals surface area contributed by atoms with Gasteiger partial charge in [-0.05, 0) is 19.3 Å². The van der Waals surface area contributed by atoms with Gasteiger partial charge in [0.2, 0.25) is 0 Å². The Morgan fingerprint density at radius 3 is 2.44 bits per heavy atom. The van der Waals surface area contributed by atoms with Crippen molar-refractivity contribution < 1.29 is 46.6 Å². The van der Waals surface area contributed by atoms with Crippen LogP contribution in [0.5, 0.6) is 0 Å². The van der Waals surface area contributed by atoms with Crippen molar-refractivity contribution in [3.8, 4) is 0 Å². The Balaban J connectivity index is 2.75. The Labute approximate surface area is 164 Å². The van der Waals surface area contributed by atoms with Crippen LogP contribution in [-0.2, 0) is 30.2 Å². The van der Waals surface area contributed by atoms with E-state index in [1.807, 2.05) is 0 Å². The van der Waals surface area contributed by atoms with E-state index in [0.717, 1.165) is 0 Å². The molecule has 1 rings (SSSR count). The summed E-state index contributed by atoms with van der Waals surface area (Å²) in [6, 6.07) is 0. The average molecular weight is 451 g/mol. The highest BCUT2D eigenvalue weighted by molar-refractivity contribution is 8.14. The van der Waals surface area contributed by atoms with E-state index in [1.165, 1.54) is 0 Å². The Morgan fingerprint density at radius 2 is 1.89 bits per heavy atom. The number of hydrogen-bond donors (Lipinski definition) is 4. The number of oxime groups is 1. The van der Waals surface area contributed by atoms with Crippen molar-refractivity contribution >= 4 is 38.0 Å². The molecule has 1 aliphatic heterocycles. The van der Waals surface area contributed by atoms with Gasteiger partial charge >= 0.3 is 0 Å². The third-order valence-corrected chi connectivity index (χ3v) is 5.95. The summed E-state index contributed by atoms with van der Waals surface area (Å²) in [6.45, 7) is -0.617. The average Bonchev–Trinajstić information content (AvgIpc) is 2.58. The number of nitrogens with zero attached hydrogens (tertiary/aromatic N) is 1. The lowest BCUT2D eigenvalue weighted by atomic mass is 10.0. The van der Waals surface area contributed by atoms with E-state index in [4.69, 9.17) is 4.74 Å². The molecule has 0 radical (unpaired) electrons. The first-order chi connectivity index (χ1) is 12.5. The van der Waals surface area contributed by atoms with E-state index in [9.17, 15) is 37.6 Å². The van der Waals surface area contributed by atoms with Crippen LogP contribution in [0.25, 0.3) is 0 Å². The van der Waals surface area contributed by atoms with Crippen LogP contribution in [0.4, 0.5) is 0 Å². The highest BCUT2D eigenvalue weighted by atomic mass is 32.3. The van der Waals surface area contributed by atoms with E-state index in [1.54, 1.807) is 6.26 Å². The molecule has 11 nitrogen and oxygen atoms in total. The van der Waals surface area contributed by atoms with Gasteiger partial charge in [0.05, 0.1) is 6.61 Å². The van der Waals surface area contributed by atoms with Crippen LogP contribution in [0.15, 0.2) is 5.16 Å². The monoisotopic (exact) mass is 450 g/mol. The number of hydrogen-bond acceptors (Lipinski definition) is 12. The quantitative estimate of drug-likeness (QED) is 0.0738. The highest BCUT2D eigenvalue weighted by Gasteiger charge is 2.44. The van der Waals surface area contributed by atoms with Crippen LogP contribution in [-0.4, -0.2) is 91.1 Å². The predicted octanol–water partition coefficient (Wildman–Crippen LogP) is -1.75. The van der Waals surface area contributed by atoms with Crippen molar-refractivity contribution in [3.05, 3.63) is 0 Å². The zero-order valence-corrected chi connectivity index (χ0v) is 17.0. The second kappa shape index (κ2) is 11.6. The van der Waals surface area contributed by atoms with Crippen LogP contribution in [0.3, 0.4) is 0 Å². The number of unbranched alkanes of at least 4 members (excludes halogenated alkanes) is 2. The molecule has 1 heterocycles. The Bertz CT molecular complexity index is 611. The summed E-state index contributed by atoms with van der Waals surface area (Å²) in [5.41, 5.74) is -1.18. The Kier molecular flexibility index (Phi) is 10.6. The third-order valence-electron chi connectivity index (χ3n) is 3.65. The van der Waals surface area contributed by atoms with Gasteiger partial charge in [-0.25, -0.2) is 0 Å². The molecule has 0 aromatic carbocycles. The molecular weight excluding hydrogens is 426 g/mol. The molecule has 0 aromatic rings. The normalized spacial score (nSPS) is 30.9. The van der Waals surface area contributed by atoms with Crippen LogP contribution in [0, 0.1) is 0 Å². The van der Waals surface area contributed by atoms with Gasteiger partial charge in [0.25, 0.3) is 10.4 Å². The van der Waals surface area contributed by atoms with Crippen molar-refractivity contribution in [2.75, 3.05) is 18.6 Å². The first kappa shape index (κ1) is 24.7. The molecule has 1 unspecified atom stereocenters. The molecular formula is C13H24NO10S3-. The highest BCUT2D eigenvalue weighted by Crippen LogP contribution is 2.30. The number of aliphatic hydroxyl groups is 4. The summed E-state index contributed by atoms with van der Waals surface area (Å²) < 4.78 is 52.1. The SMILES string of the molecule is CS(=O)CCCCC/C(=N/OS(=O)(=O)[O-])S[C@@H]1O[C@H](CO)[C@@H](O)[C@H](O)[C@H]1O. The summed E-state index contributed by atoms with van der Waals surface area (Å²) in [7, 11) is -6.01. The van der Waals surface area contributed by atoms with E-state index >= 15 is 0 Å². The maximum atomic E-state index is 11.0. The first-order valence-corrected chi connectivity index (χ1v) is 12.0. The lowest BCUT2D eigenvalue weighted by Gasteiger charge is -2.39. The van der Waals surface area contributed by atoms with Gasteiger partial charge in [0.1, 0.15) is 34.9 Å². The molecule has 0 saturated carbocycles. The Hall–Kier alpha value is -0.320. The number of thioether (sulfide) groups is 1. The molecule has 0 amide bonds. The smallest absolute Gasteiger partial charge is 0.284 e. The minimum Gasteiger partial charge on any atom is -0.714 e. The zero-order chi connectivity index (χ0) is 20.6. The van der Waals surface area contributed by atoms with Crippen molar-refractivity contribution in [1.82, 2.24) is 0 Å². The van der Waals surface area contributed by atoms with Crippen LogP contribution in [0.2, 0.25) is 0 Å². The maximum Gasteiger partial charge on any atom is 0.284 e. The molecule has 1 aliphatic rings. The fourth-order valence-electron chi connectivity index (χ4n) is 2.27. The van der Waals surface area contributed by atoms with Gasteiger partial charge in [0.15, 0.2) is 0 Å². The van der Waals surface area contributed by atoms with Crippen LogP contribution < -0.4 is 0 Å². The molecule has 0 aliphatic carbocycles. The van der Waals surface area contributed by atoms with Crippen molar-refractivity contribution in [2.45, 2.75) is 55.5 Å². The molecule has 27 heavy (non-hydrogen) atoms. The number of aliphatic hydroxyl groups excluding tert-OH is 4. The molecule has 4 N–H and O–H groups in total. The van der Waals surface area contributed by atoms with Gasteiger partial charge in [-0.2, -0.15) is 8.42 Å². The molecule has 14 heteroatoms. The van der Waals surface area contributed by atoms with E-state index in [-0.39, 0.29) is 11.5 Å². The lowest BCUT2D eigenvalue weighted by molar-refractivity contribution is -0.205. The van der Waals surface area contributed by atoms with Gasteiger partial charge in [-0.3, -0.25) is 8.49 Å². The molecule has 0 aromatic heterocycles. The van der Waals surface area contributed by atoms with Crippen molar-refractivity contribution in [3.63, 3.8) is 0 Å². The molecule has 6 atom stereocenters. The molecule has 0 bridgehead atoms. The predicted molar refractivity (Wildman–Crippen MR) is 97.0 cm³/mol. The fourth-order valence-corrected chi connectivity index (χ4v) is 4.22.